The molecule has 0 atom stereocenters. The van der Waals surface area contributed by atoms with E-state index in [4.69, 9.17) is 4.98 Å². The van der Waals surface area contributed by atoms with E-state index in [1.807, 2.05) is 6.07 Å². The zero-order chi connectivity index (χ0) is 25.6. The molecule has 3 rings (SSSR count). The van der Waals surface area contributed by atoms with Crippen LogP contribution in [-0.2, 0) is 12.0 Å². The minimum Gasteiger partial charge on any atom is -0.339 e. The monoisotopic (exact) mass is 482 g/mol. The van der Waals surface area contributed by atoms with Crippen molar-refractivity contribution in [3.05, 3.63) is 29.6 Å². The molecule has 1 aromatic heterocycles. The van der Waals surface area contributed by atoms with Crippen molar-refractivity contribution in [3.63, 3.8) is 0 Å². The molecule has 1 amide bonds. The fourth-order valence-electron chi connectivity index (χ4n) is 5.02. The van der Waals surface area contributed by atoms with Gasteiger partial charge in [0.15, 0.2) is 0 Å². The highest BCUT2D eigenvalue weighted by atomic mass is 16.2. The van der Waals surface area contributed by atoms with Crippen LogP contribution in [0.5, 0.6) is 0 Å². The van der Waals surface area contributed by atoms with Gasteiger partial charge in [0.25, 0.3) is 5.91 Å². The molecule has 0 spiro atoms. The maximum atomic E-state index is 13.6. The number of nitrogens with zero attached hydrogens (tertiary/aromatic N) is 4. The molecular formula is C30H50N4O. The highest BCUT2D eigenvalue weighted by Crippen LogP contribution is 2.28. The molecule has 1 fully saturated rings. The fraction of sp³-hybridized carbons (Fsp3) is 0.733. The van der Waals surface area contributed by atoms with E-state index < -0.39 is 0 Å². The Morgan fingerprint density at radius 1 is 0.971 bits per heavy atom. The van der Waals surface area contributed by atoms with E-state index in [2.05, 4.69) is 75.0 Å². The molecule has 0 radical (unpaired) electrons. The van der Waals surface area contributed by atoms with Crippen LogP contribution >= 0.6 is 0 Å². The first kappa shape index (κ1) is 27.7. The van der Waals surface area contributed by atoms with Gasteiger partial charge in [-0.2, -0.15) is 0 Å². The summed E-state index contributed by atoms with van der Waals surface area (Å²) in [6.45, 7) is 21.8. The van der Waals surface area contributed by atoms with Crippen molar-refractivity contribution in [2.75, 3.05) is 32.7 Å². The van der Waals surface area contributed by atoms with Gasteiger partial charge in [-0.25, -0.2) is 4.98 Å². The summed E-state index contributed by atoms with van der Waals surface area (Å²) in [5.74, 6) is 2.45. The number of hydrogen-bond donors (Lipinski definition) is 0. The van der Waals surface area contributed by atoms with Crippen LogP contribution in [0.25, 0.3) is 11.0 Å². The van der Waals surface area contributed by atoms with Gasteiger partial charge in [-0.05, 0) is 81.8 Å². The van der Waals surface area contributed by atoms with E-state index in [0.717, 1.165) is 67.9 Å². The molecule has 0 saturated carbocycles. The number of amides is 1. The number of imidazole rings is 1. The quantitative estimate of drug-likeness (QED) is 0.356. The summed E-state index contributed by atoms with van der Waals surface area (Å²) < 4.78 is 2.39. The molecule has 1 aromatic carbocycles. The molecule has 0 aliphatic carbocycles. The minimum absolute atomic E-state index is 0.0467. The topological polar surface area (TPSA) is 41.4 Å². The second-order valence-electron chi connectivity index (χ2n) is 12.5. The number of likely N-dealkylation sites (tertiary alicyclic amines) is 1. The number of carbonyl (C=O) groups is 1. The Bertz CT molecular complexity index is 935. The van der Waals surface area contributed by atoms with Crippen LogP contribution in [0, 0.1) is 11.8 Å². The van der Waals surface area contributed by atoms with Crippen molar-refractivity contribution in [1.29, 1.82) is 0 Å². The first-order valence-electron chi connectivity index (χ1n) is 14.1. The zero-order valence-electron chi connectivity index (χ0n) is 23.6. The SMILES string of the molecule is CC(C)CCN(CCC(C)C)C(=O)c1ccc2nc(C(C)(C)C)n(CCCN3CCCCC3)c2c1. The zero-order valence-corrected chi connectivity index (χ0v) is 23.6. The van der Waals surface area contributed by atoms with E-state index in [9.17, 15) is 4.79 Å². The number of piperidine rings is 1. The molecule has 1 aliphatic rings. The average Bonchev–Trinajstić information content (AvgIpc) is 3.17. The minimum atomic E-state index is -0.0467. The molecule has 0 bridgehead atoms. The van der Waals surface area contributed by atoms with Crippen molar-refractivity contribution in [3.8, 4) is 0 Å². The predicted octanol–water partition coefficient (Wildman–Crippen LogP) is 6.74. The van der Waals surface area contributed by atoms with Crippen molar-refractivity contribution >= 4 is 16.9 Å². The Balaban J connectivity index is 1.86. The van der Waals surface area contributed by atoms with E-state index in [1.54, 1.807) is 0 Å². The highest BCUT2D eigenvalue weighted by molar-refractivity contribution is 5.97. The van der Waals surface area contributed by atoms with Gasteiger partial charge in [-0.3, -0.25) is 4.79 Å². The largest absolute Gasteiger partial charge is 0.339 e. The number of rotatable bonds is 11. The lowest BCUT2D eigenvalue weighted by molar-refractivity contribution is 0.0741. The summed E-state index contributed by atoms with van der Waals surface area (Å²) in [4.78, 5) is 23.4. The first-order valence-corrected chi connectivity index (χ1v) is 14.1. The van der Waals surface area contributed by atoms with E-state index in [1.165, 1.54) is 32.4 Å². The van der Waals surface area contributed by atoms with Crippen LogP contribution in [0.15, 0.2) is 18.2 Å². The summed E-state index contributed by atoms with van der Waals surface area (Å²) in [5, 5.41) is 0. The molecule has 35 heavy (non-hydrogen) atoms. The average molecular weight is 483 g/mol. The highest BCUT2D eigenvalue weighted by Gasteiger charge is 2.24. The number of aryl methyl sites for hydroxylation is 1. The standard InChI is InChI=1S/C30H50N4O/c1-23(2)14-20-33(21-15-24(3)4)28(35)25-12-13-26-27(22-25)34(29(31-26)30(5,6)7)19-11-18-32-16-9-8-10-17-32/h12-13,22-24H,8-11,14-21H2,1-7H3. The molecular weight excluding hydrogens is 432 g/mol. The second kappa shape index (κ2) is 12.4. The molecule has 5 heteroatoms. The lowest BCUT2D eigenvalue weighted by Crippen LogP contribution is -2.34. The van der Waals surface area contributed by atoms with Gasteiger partial charge in [0.1, 0.15) is 5.82 Å². The molecule has 2 aromatic rings. The summed E-state index contributed by atoms with van der Waals surface area (Å²) in [7, 11) is 0. The lowest BCUT2D eigenvalue weighted by atomic mass is 9.95. The Labute approximate surface area is 214 Å². The summed E-state index contributed by atoms with van der Waals surface area (Å²) >= 11 is 0. The van der Waals surface area contributed by atoms with Gasteiger partial charge in [-0.1, -0.05) is 54.9 Å². The van der Waals surface area contributed by atoms with E-state index >= 15 is 0 Å². The molecule has 1 aliphatic heterocycles. The Morgan fingerprint density at radius 3 is 2.17 bits per heavy atom. The predicted molar refractivity (Wildman–Crippen MR) is 148 cm³/mol. The molecule has 2 heterocycles. The van der Waals surface area contributed by atoms with Crippen molar-refractivity contribution in [2.45, 2.75) is 99.0 Å². The maximum Gasteiger partial charge on any atom is 0.253 e. The van der Waals surface area contributed by atoms with Crippen molar-refractivity contribution in [2.24, 2.45) is 11.8 Å². The second-order valence-corrected chi connectivity index (χ2v) is 12.5. The van der Waals surface area contributed by atoms with Crippen molar-refractivity contribution < 1.29 is 4.79 Å². The smallest absolute Gasteiger partial charge is 0.253 e. The first-order chi connectivity index (χ1) is 16.6. The number of aromatic nitrogens is 2. The van der Waals surface area contributed by atoms with Crippen LogP contribution in [-0.4, -0.2) is 58.0 Å². The third-order valence-electron chi connectivity index (χ3n) is 7.21. The van der Waals surface area contributed by atoms with Gasteiger partial charge >= 0.3 is 0 Å². The lowest BCUT2D eigenvalue weighted by Gasteiger charge is -2.27. The van der Waals surface area contributed by atoms with Gasteiger partial charge < -0.3 is 14.4 Å². The van der Waals surface area contributed by atoms with Crippen LogP contribution in [0.1, 0.15) is 103 Å². The van der Waals surface area contributed by atoms with E-state index in [-0.39, 0.29) is 11.3 Å². The summed E-state index contributed by atoms with van der Waals surface area (Å²) in [6.07, 6.45) is 7.22. The van der Waals surface area contributed by atoms with Crippen molar-refractivity contribution in [1.82, 2.24) is 19.4 Å². The molecule has 5 nitrogen and oxygen atoms in total. The van der Waals surface area contributed by atoms with Gasteiger partial charge in [-0.15, -0.1) is 0 Å². The fourth-order valence-corrected chi connectivity index (χ4v) is 5.02. The molecule has 0 unspecified atom stereocenters. The normalized spacial score (nSPS) is 15.5. The summed E-state index contributed by atoms with van der Waals surface area (Å²) in [6, 6.07) is 6.15. The van der Waals surface area contributed by atoms with Crippen LogP contribution < -0.4 is 0 Å². The number of fused-ring (bicyclic) bond motifs is 1. The Hall–Kier alpha value is -1.88. The number of hydrogen-bond acceptors (Lipinski definition) is 3. The van der Waals surface area contributed by atoms with Gasteiger partial charge in [0.05, 0.1) is 11.0 Å². The van der Waals surface area contributed by atoms with Crippen LogP contribution in [0.3, 0.4) is 0 Å². The number of carbonyl (C=O) groups excluding carboxylic acids is 1. The van der Waals surface area contributed by atoms with Crippen LogP contribution in [0.4, 0.5) is 0 Å². The maximum absolute atomic E-state index is 13.6. The van der Waals surface area contributed by atoms with Crippen LogP contribution in [0.2, 0.25) is 0 Å². The number of benzene rings is 1. The molecule has 1 saturated heterocycles. The third-order valence-corrected chi connectivity index (χ3v) is 7.21. The Morgan fingerprint density at radius 2 is 1.60 bits per heavy atom. The third kappa shape index (κ3) is 7.80. The Kier molecular flexibility index (Phi) is 9.80. The molecule has 196 valence electrons. The summed E-state index contributed by atoms with van der Waals surface area (Å²) in [5.41, 5.74) is 2.85. The van der Waals surface area contributed by atoms with E-state index in [0.29, 0.717) is 11.8 Å². The van der Waals surface area contributed by atoms with Gasteiger partial charge in [0.2, 0.25) is 0 Å². The molecule has 0 N–H and O–H groups in total. The van der Waals surface area contributed by atoms with Gasteiger partial charge in [0, 0.05) is 30.6 Å².